The van der Waals surface area contributed by atoms with Crippen LogP contribution in [0.2, 0.25) is 0 Å². The minimum atomic E-state index is 0.0513. The van der Waals surface area contributed by atoms with Crippen LogP contribution in [0.1, 0.15) is 46.5 Å². The van der Waals surface area contributed by atoms with Gasteiger partial charge in [0.15, 0.2) is 0 Å². The molecule has 0 unspecified atom stereocenters. The lowest BCUT2D eigenvalue weighted by atomic mass is 10.1. The lowest BCUT2D eigenvalue weighted by molar-refractivity contribution is -0.116. The summed E-state index contributed by atoms with van der Waals surface area (Å²) in [4.78, 5) is 11.2. The van der Waals surface area contributed by atoms with Crippen LogP contribution in [0.3, 0.4) is 0 Å². The van der Waals surface area contributed by atoms with Crippen molar-refractivity contribution in [3.8, 4) is 0 Å². The molecule has 0 bridgehead atoms. The van der Waals surface area contributed by atoms with Crippen LogP contribution in [-0.2, 0) is 4.79 Å². The van der Waals surface area contributed by atoms with Crippen LogP contribution in [0.15, 0.2) is 11.6 Å². The summed E-state index contributed by atoms with van der Waals surface area (Å²) in [5.74, 6) is 0.0513. The highest BCUT2D eigenvalue weighted by atomic mass is 16.1. The number of allylic oxidation sites excluding steroid dienone is 1. The fourth-order valence-corrected chi connectivity index (χ4v) is 1.05. The van der Waals surface area contributed by atoms with Crippen LogP contribution in [0.4, 0.5) is 0 Å². The second kappa shape index (κ2) is 7.84. The van der Waals surface area contributed by atoms with Crippen molar-refractivity contribution in [2.24, 2.45) is 0 Å². The van der Waals surface area contributed by atoms with E-state index in [2.05, 4.69) is 12.2 Å². The summed E-state index contributed by atoms with van der Waals surface area (Å²) < 4.78 is 0. The van der Waals surface area contributed by atoms with Crippen LogP contribution in [-0.4, -0.2) is 12.5 Å². The summed E-state index contributed by atoms with van der Waals surface area (Å²) in [6, 6.07) is 0. The van der Waals surface area contributed by atoms with Gasteiger partial charge in [0.25, 0.3) is 0 Å². The van der Waals surface area contributed by atoms with E-state index in [0.29, 0.717) is 0 Å². The van der Waals surface area contributed by atoms with Gasteiger partial charge in [-0.15, -0.1) is 0 Å². The first-order valence-corrected chi connectivity index (χ1v) is 5.15. The summed E-state index contributed by atoms with van der Waals surface area (Å²) in [5, 5.41) is 2.82. The molecule has 0 aromatic rings. The highest BCUT2D eigenvalue weighted by Crippen LogP contribution is 2.05. The van der Waals surface area contributed by atoms with Gasteiger partial charge >= 0.3 is 0 Å². The van der Waals surface area contributed by atoms with Crippen molar-refractivity contribution in [1.29, 1.82) is 0 Å². The van der Waals surface area contributed by atoms with Gasteiger partial charge in [0.1, 0.15) is 0 Å². The predicted molar refractivity (Wildman–Crippen MR) is 56.6 cm³/mol. The second-order valence-electron chi connectivity index (χ2n) is 3.39. The highest BCUT2D eigenvalue weighted by Gasteiger charge is 1.95. The Balaban J connectivity index is 3.70. The van der Waals surface area contributed by atoms with Crippen LogP contribution in [0.5, 0.6) is 0 Å². The minimum absolute atomic E-state index is 0.0513. The largest absolute Gasteiger partial charge is 0.353 e. The maximum atomic E-state index is 11.2. The fraction of sp³-hybridized carbons (Fsp3) is 0.727. The molecule has 0 saturated carbocycles. The summed E-state index contributed by atoms with van der Waals surface area (Å²) in [7, 11) is 0. The molecule has 1 amide bonds. The SMILES string of the molecule is CCCC/C(C)=C/C(=O)NCCC. The Hall–Kier alpha value is -0.790. The van der Waals surface area contributed by atoms with E-state index in [1.165, 1.54) is 18.4 Å². The molecule has 0 radical (unpaired) electrons. The number of hydrogen-bond acceptors (Lipinski definition) is 1. The maximum Gasteiger partial charge on any atom is 0.243 e. The van der Waals surface area contributed by atoms with Gasteiger partial charge in [-0.1, -0.05) is 25.8 Å². The zero-order chi connectivity index (χ0) is 10.1. The molecule has 13 heavy (non-hydrogen) atoms. The van der Waals surface area contributed by atoms with Gasteiger partial charge in [-0.25, -0.2) is 0 Å². The molecule has 0 aliphatic rings. The van der Waals surface area contributed by atoms with Crippen molar-refractivity contribution in [3.63, 3.8) is 0 Å². The summed E-state index contributed by atoms with van der Waals surface area (Å²) in [6.07, 6.45) is 6.10. The summed E-state index contributed by atoms with van der Waals surface area (Å²) >= 11 is 0. The lowest BCUT2D eigenvalue weighted by Crippen LogP contribution is -2.21. The molecule has 0 spiro atoms. The molecule has 0 aliphatic carbocycles. The molecule has 0 heterocycles. The summed E-state index contributed by atoms with van der Waals surface area (Å²) in [5.41, 5.74) is 1.18. The molecular formula is C11H21NO. The van der Waals surface area contributed by atoms with Crippen LogP contribution in [0.25, 0.3) is 0 Å². The summed E-state index contributed by atoms with van der Waals surface area (Å²) in [6.45, 7) is 7.00. The van der Waals surface area contributed by atoms with Gasteiger partial charge in [0.2, 0.25) is 5.91 Å². The molecule has 0 saturated heterocycles. The zero-order valence-electron chi connectivity index (χ0n) is 9.02. The molecule has 0 fully saturated rings. The Morgan fingerprint density at radius 2 is 2.00 bits per heavy atom. The number of rotatable bonds is 6. The lowest BCUT2D eigenvalue weighted by Gasteiger charge is -2.01. The van der Waals surface area contributed by atoms with Crippen molar-refractivity contribution in [3.05, 3.63) is 11.6 Å². The molecule has 0 atom stereocenters. The zero-order valence-corrected chi connectivity index (χ0v) is 9.02. The Morgan fingerprint density at radius 1 is 1.31 bits per heavy atom. The van der Waals surface area contributed by atoms with Crippen LogP contribution >= 0.6 is 0 Å². The van der Waals surface area contributed by atoms with Gasteiger partial charge in [0.05, 0.1) is 0 Å². The predicted octanol–water partition coefficient (Wildman–Crippen LogP) is 2.65. The Kier molecular flexibility index (Phi) is 7.36. The molecule has 0 rings (SSSR count). The molecule has 0 aromatic heterocycles. The van der Waals surface area contributed by atoms with E-state index < -0.39 is 0 Å². The average Bonchev–Trinajstić information content (AvgIpc) is 2.11. The maximum absolute atomic E-state index is 11.2. The van der Waals surface area contributed by atoms with Crippen molar-refractivity contribution in [2.45, 2.75) is 46.5 Å². The second-order valence-corrected chi connectivity index (χ2v) is 3.39. The van der Waals surface area contributed by atoms with E-state index in [1.807, 2.05) is 13.8 Å². The monoisotopic (exact) mass is 183 g/mol. The highest BCUT2D eigenvalue weighted by molar-refractivity contribution is 5.88. The van der Waals surface area contributed by atoms with Crippen molar-refractivity contribution in [1.82, 2.24) is 5.32 Å². The Bertz CT molecular complexity index is 173. The number of carbonyl (C=O) groups is 1. The van der Waals surface area contributed by atoms with E-state index in [1.54, 1.807) is 6.08 Å². The third-order valence-electron chi connectivity index (χ3n) is 1.85. The van der Waals surface area contributed by atoms with E-state index in [0.717, 1.165) is 19.4 Å². The number of carbonyl (C=O) groups excluding carboxylic acids is 1. The molecule has 1 N–H and O–H groups in total. The van der Waals surface area contributed by atoms with Crippen molar-refractivity contribution < 1.29 is 4.79 Å². The van der Waals surface area contributed by atoms with Crippen molar-refractivity contribution in [2.75, 3.05) is 6.54 Å². The fourth-order valence-electron chi connectivity index (χ4n) is 1.05. The van der Waals surface area contributed by atoms with E-state index in [9.17, 15) is 4.79 Å². The topological polar surface area (TPSA) is 29.1 Å². The third-order valence-corrected chi connectivity index (χ3v) is 1.85. The number of amides is 1. The van der Waals surface area contributed by atoms with Gasteiger partial charge in [-0.2, -0.15) is 0 Å². The van der Waals surface area contributed by atoms with Crippen LogP contribution in [0, 0.1) is 0 Å². The molecule has 2 nitrogen and oxygen atoms in total. The van der Waals surface area contributed by atoms with E-state index in [4.69, 9.17) is 0 Å². The molecule has 2 heteroatoms. The Morgan fingerprint density at radius 3 is 2.54 bits per heavy atom. The Labute approximate surface area is 81.4 Å². The first-order chi connectivity index (χ1) is 6.20. The quantitative estimate of drug-likeness (QED) is 0.630. The van der Waals surface area contributed by atoms with Gasteiger partial charge in [-0.3, -0.25) is 4.79 Å². The normalized spacial score (nSPS) is 11.5. The van der Waals surface area contributed by atoms with Gasteiger partial charge < -0.3 is 5.32 Å². The number of nitrogens with one attached hydrogen (secondary N) is 1. The smallest absolute Gasteiger partial charge is 0.243 e. The number of hydrogen-bond donors (Lipinski definition) is 1. The standard InChI is InChI=1S/C11H21NO/c1-4-6-7-10(3)9-11(13)12-8-5-2/h9H,4-8H2,1-3H3,(H,12,13)/b10-9+. The van der Waals surface area contributed by atoms with Gasteiger partial charge in [-0.05, 0) is 26.2 Å². The third kappa shape index (κ3) is 7.57. The molecule has 0 aliphatic heterocycles. The first kappa shape index (κ1) is 12.2. The minimum Gasteiger partial charge on any atom is -0.353 e. The van der Waals surface area contributed by atoms with Crippen LogP contribution < -0.4 is 5.32 Å². The van der Waals surface area contributed by atoms with Gasteiger partial charge in [0, 0.05) is 12.6 Å². The number of unbranched alkanes of at least 4 members (excludes halogenated alkanes) is 1. The van der Waals surface area contributed by atoms with E-state index >= 15 is 0 Å². The molecule has 76 valence electrons. The van der Waals surface area contributed by atoms with Crippen molar-refractivity contribution >= 4 is 5.91 Å². The average molecular weight is 183 g/mol. The first-order valence-electron chi connectivity index (χ1n) is 5.15. The molecule has 0 aromatic carbocycles. The molecular weight excluding hydrogens is 162 g/mol. The van der Waals surface area contributed by atoms with E-state index in [-0.39, 0.29) is 5.91 Å².